The van der Waals surface area contributed by atoms with Crippen LogP contribution in [0.15, 0.2) is 47.5 Å². The molecule has 2 aromatic rings. The van der Waals surface area contributed by atoms with E-state index >= 15 is 0 Å². The zero-order valence-corrected chi connectivity index (χ0v) is 21.6. The standard InChI is InChI=1S/C26H31N3O3.C2H6.C2H2/c1-18(5-4-8-24-28-25(32-29-24)12-9-19-6-2-3-7-19)21-10-11-22(26(30)31)23(17-21)20-13-15-27-16-14-20;2*1-2/h4-5,10-11,13,17,19,27H,1-3,6-9,12,14-16H2,(H,30,31);1-2H3;1-2H/b5-4-;;. The van der Waals surface area contributed by atoms with Crippen molar-refractivity contribution >= 4 is 17.1 Å². The van der Waals surface area contributed by atoms with Crippen LogP contribution >= 0.6 is 0 Å². The normalized spacial score (nSPS) is 15.4. The maximum absolute atomic E-state index is 11.7. The molecule has 1 aliphatic carbocycles. The molecule has 2 N–H and O–H groups in total. The van der Waals surface area contributed by atoms with Crippen molar-refractivity contribution in [1.29, 1.82) is 0 Å². The number of aromatic carboxylic acids is 1. The Bertz CT molecular complexity index is 1070. The van der Waals surface area contributed by atoms with Gasteiger partial charge in [0, 0.05) is 19.4 Å². The molecule has 1 aromatic heterocycles. The molecule has 6 nitrogen and oxygen atoms in total. The highest BCUT2D eigenvalue weighted by molar-refractivity contribution is 5.95. The number of benzene rings is 1. The Hall–Kier alpha value is -3.43. The maximum atomic E-state index is 11.7. The van der Waals surface area contributed by atoms with Crippen LogP contribution in [0.3, 0.4) is 0 Å². The Balaban J connectivity index is 0.00000109. The highest BCUT2D eigenvalue weighted by atomic mass is 16.5. The number of aromatic nitrogens is 2. The fourth-order valence-corrected chi connectivity index (χ4v) is 4.57. The van der Waals surface area contributed by atoms with Crippen LogP contribution in [0.1, 0.15) is 85.6 Å². The lowest BCUT2D eigenvalue weighted by molar-refractivity contribution is 0.0696. The molecule has 192 valence electrons. The Labute approximate surface area is 215 Å². The van der Waals surface area contributed by atoms with Crippen molar-refractivity contribution in [3.8, 4) is 12.8 Å². The van der Waals surface area contributed by atoms with Gasteiger partial charge in [-0.3, -0.25) is 0 Å². The number of rotatable bonds is 9. The predicted octanol–water partition coefficient (Wildman–Crippen LogP) is 6.36. The molecule has 0 spiro atoms. The minimum Gasteiger partial charge on any atom is -0.478 e. The molecule has 1 fully saturated rings. The number of carbonyl (C=O) groups is 1. The number of allylic oxidation sites excluding steroid dienone is 3. The average molecular weight is 490 g/mol. The van der Waals surface area contributed by atoms with Gasteiger partial charge in [-0.25, -0.2) is 4.79 Å². The molecular formula is C30H39N3O3. The smallest absolute Gasteiger partial charge is 0.336 e. The molecule has 2 heterocycles. The molecular weight excluding hydrogens is 450 g/mol. The summed E-state index contributed by atoms with van der Waals surface area (Å²) >= 11 is 0. The van der Waals surface area contributed by atoms with Crippen LogP contribution in [0.4, 0.5) is 0 Å². The van der Waals surface area contributed by atoms with Crippen molar-refractivity contribution in [3.05, 3.63) is 71.4 Å². The van der Waals surface area contributed by atoms with Gasteiger partial charge in [0.15, 0.2) is 5.82 Å². The van der Waals surface area contributed by atoms with Crippen LogP contribution in [-0.4, -0.2) is 34.3 Å². The van der Waals surface area contributed by atoms with Crippen molar-refractivity contribution in [1.82, 2.24) is 15.5 Å². The summed E-state index contributed by atoms with van der Waals surface area (Å²) in [4.78, 5) is 16.2. The van der Waals surface area contributed by atoms with E-state index in [1.807, 2.05) is 38.1 Å². The van der Waals surface area contributed by atoms with E-state index in [9.17, 15) is 9.90 Å². The predicted molar refractivity (Wildman–Crippen MR) is 147 cm³/mol. The molecule has 1 aromatic carbocycles. The molecule has 0 unspecified atom stereocenters. The van der Waals surface area contributed by atoms with Crippen LogP contribution < -0.4 is 5.32 Å². The summed E-state index contributed by atoms with van der Waals surface area (Å²) in [5.41, 5.74) is 3.90. The third kappa shape index (κ3) is 8.35. The second-order valence-electron chi connectivity index (χ2n) is 8.67. The molecule has 1 aliphatic heterocycles. The van der Waals surface area contributed by atoms with Crippen LogP contribution in [0.5, 0.6) is 0 Å². The molecule has 1 saturated carbocycles. The Morgan fingerprint density at radius 1 is 1.28 bits per heavy atom. The lowest BCUT2D eigenvalue weighted by atomic mass is 9.92. The van der Waals surface area contributed by atoms with E-state index in [-0.39, 0.29) is 0 Å². The molecule has 0 saturated heterocycles. The van der Waals surface area contributed by atoms with E-state index < -0.39 is 5.97 Å². The van der Waals surface area contributed by atoms with Crippen molar-refractivity contribution in [3.63, 3.8) is 0 Å². The molecule has 6 heteroatoms. The van der Waals surface area contributed by atoms with E-state index in [2.05, 4.69) is 41.0 Å². The van der Waals surface area contributed by atoms with Crippen LogP contribution in [0.25, 0.3) is 11.1 Å². The van der Waals surface area contributed by atoms with Gasteiger partial charge in [0.2, 0.25) is 5.89 Å². The number of carboxylic acid groups (broad SMARTS) is 1. The molecule has 0 radical (unpaired) electrons. The fraction of sp³-hybridized carbons (Fsp3) is 0.433. The number of nitrogens with zero attached hydrogens (tertiary/aromatic N) is 2. The minimum absolute atomic E-state index is 0.329. The van der Waals surface area contributed by atoms with Crippen LogP contribution in [0, 0.1) is 18.8 Å². The van der Waals surface area contributed by atoms with E-state index in [1.54, 1.807) is 6.07 Å². The number of aryl methyl sites for hydroxylation is 1. The Kier molecular flexibility index (Phi) is 12.4. The summed E-state index contributed by atoms with van der Waals surface area (Å²) < 4.78 is 5.40. The minimum atomic E-state index is -0.909. The summed E-state index contributed by atoms with van der Waals surface area (Å²) in [5, 5.41) is 17.0. The van der Waals surface area contributed by atoms with E-state index in [0.29, 0.717) is 17.8 Å². The lowest BCUT2D eigenvalue weighted by Crippen LogP contribution is -2.20. The first kappa shape index (κ1) is 28.8. The van der Waals surface area contributed by atoms with Crippen molar-refractivity contribution in [2.24, 2.45) is 5.92 Å². The van der Waals surface area contributed by atoms with E-state index in [1.165, 1.54) is 25.7 Å². The zero-order chi connectivity index (χ0) is 26.3. The molecule has 4 rings (SSSR count). The molecule has 36 heavy (non-hydrogen) atoms. The van der Waals surface area contributed by atoms with E-state index in [0.717, 1.165) is 66.4 Å². The Morgan fingerprint density at radius 3 is 2.69 bits per heavy atom. The van der Waals surface area contributed by atoms with Gasteiger partial charge in [-0.05, 0) is 59.7 Å². The SMILES string of the molecule is C#C.C=C(/C=C\Cc1noc(CCC2CCCC2)n1)c1ccc(C(=O)O)c(C2=CCNCC2)c1.CC. The first-order chi connectivity index (χ1) is 17.6. The van der Waals surface area contributed by atoms with Crippen molar-refractivity contribution in [2.45, 2.75) is 65.2 Å². The number of carboxylic acids is 1. The number of nitrogens with one attached hydrogen (secondary N) is 1. The van der Waals surface area contributed by atoms with Crippen molar-refractivity contribution < 1.29 is 14.4 Å². The highest BCUT2D eigenvalue weighted by Crippen LogP contribution is 2.29. The highest BCUT2D eigenvalue weighted by Gasteiger charge is 2.17. The summed E-state index contributed by atoms with van der Waals surface area (Å²) in [6.07, 6.45) is 22.7. The molecule has 0 bridgehead atoms. The van der Waals surface area contributed by atoms with Gasteiger partial charge in [0.25, 0.3) is 0 Å². The van der Waals surface area contributed by atoms with Gasteiger partial charge >= 0.3 is 5.97 Å². The number of terminal acetylenes is 1. The molecule has 0 amide bonds. The third-order valence-electron chi connectivity index (χ3n) is 6.40. The number of hydrogen-bond donors (Lipinski definition) is 2. The second-order valence-corrected chi connectivity index (χ2v) is 8.67. The topological polar surface area (TPSA) is 88.2 Å². The van der Waals surface area contributed by atoms with Crippen LogP contribution in [-0.2, 0) is 12.8 Å². The number of hydrogen-bond acceptors (Lipinski definition) is 5. The lowest BCUT2D eigenvalue weighted by Gasteiger charge is -2.17. The summed E-state index contributed by atoms with van der Waals surface area (Å²) in [6, 6.07) is 5.42. The fourth-order valence-electron chi connectivity index (χ4n) is 4.57. The van der Waals surface area contributed by atoms with Gasteiger partial charge in [-0.1, -0.05) is 75.6 Å². The average Bonchev–Trinajstić information content (AvgIpc) is 3.62. The monoisotopic (exact) mass is 489 g/mol. The Morgan fingerprint density at radius 2 is 2.03 bits per heavy atom. The second kappa shape index (κ2) is 15.5. The quantitative estimate of drug-likeness (QED) is 0.315. The molecule has 2 aliphatic rings. The van der Waals surface area contributed by atoms with Gasteiger partial charge in [0.05, 0.1) is 5.56 Å². The maximum Gasteiger partial charge on any atom is 0.336 e. The zero-order valence-electron chi connectivity index (χ0n) is 21.6. The van der Waals surface area contributed by atoms with Gasteiger partial charge in [-0.15, -0.1) is 12.8 Å². The van der Waals surface area contributed by atoms with Crippen molar-refractivity contribution in [2.75, 3.05) is 13.1 Å². The first-order valence-electron chi connectivity index (χ1n) is 12.9. The summed E-state index contributed by atoms with van der Waals surface area (Å²) in [5.74, 6) is 1.31. The largest absolute Gasteiger partial charge is 0.478 e. The van der Waals surface area contributed by atoms with E-state index in [4.69, 9.17) is 4.52 Å². The van der Waals surface area contributed by atoms with Gasteiger partial charge in [0.1, 0.15) is 0 Å². The summed E-state index contributed by atoms with van der Waals surface area (Å²) in [7, 11) is 0. The first-order valence-corrected chi connectivity index (χ1v) is 12.9. The van der Waals surface area contributed by atoms with Gasteiger partial charge < -0.3 is 14.9 Å². The van der Waals surface area contributed by atoms with Gasteiger partial charge in [-0.2, -0.15) is 4.98 Å². The molecule has 0 atom stereocenters. The van der Waals surface area contributed by atoms with Crippen LogP contribution in [0.2, 0.25) is 0 Å². The summed E-state index contributed by atoms with van der Waals surface area (Å²) in [6.45, 7) is 9.77. The third-order valence-corrected chi connectivity index (χ3v) is 6.40.